The number of benzene rings is 1. The van der Waals surface area contributed by atoms with Gasteiger partial charge in [0.1, 0.15) is 11.3 Å². The summed E-state index contributed by atoms with van der Waals surface area (Å²) in [5.74, 6) is 1.04. The van der Waals surface area contributed by atoms with Crippen LogP contribution in [0.1, 0.15) is 44.9 Å². The number of hydrogen-bond donors (Lipinski definition) is 2. The van der Waals surface area contributed by atoms with Gasteiger partial charge in [0, 0.05) is 29.5 Å². The molecule has 1 heterocycles. The van der Waals surface area contributed by atoms with Crippen molar-refractivity contribution in [2.45, 2.75) is 52.1 Å². The fourth-order valence-corrected chi connectivity index (χ4v) is 2.68. The number of aryl methyl sites for hydroxylation is 1. The number of fused-ring (bicyclic) bond motifs is 1. The molecule has 0 saturated heterocycles. The van der Waals surface area contributed by atoms with E-state index in [1.165, 1.54) is 10.9 Å². The molecule has 2 rings (SSSR count). The van der Waals surface area contributed by atoms with Gasteiger partial charge in [-0.1, -0.05) is 39.0 Å². The summed E-state index contributed by atoms with van der Waals surface area (Å²) in [7, 11) is 0. The van der Waals surface area contributed by atoms with Crippen LogP contribution in [0.2, 0.25) is 0 Å². The maximum Gasteiger partial charge on any atom is 0.134 e. The van der Waals surface area contributed by atoms with Crippen LogP contribution >= 0.6 is 0 Å². The number of rotatable bonds is 7. The molecule has 0 aliphatic heterocycles. The number of aliphatic hydroxyl groups is 1. The molecule has 2 aromatic rings. The van der Waals surface area contributed by atoms with E-state index in [-0.39, 0.29) is 12.1 Å². The lowest BCUT2D eigenvalue weighted by Gasteiger charge is -2.31. The zero-order valence-electron chi connectivity index (χ0n) is 12.7. The summed E-state index contributed by atoms with van der Waals surface area (Å²) in [6, 6.07) is 8.16. The summed E-state index contributed by atoms with van der Waals surface area (Å²) >= 11 is 0. The normalized spacial score (nSPS) is 12.2. The number of nitrogens with one attached hydrogen (secondary N) is 1. The lowest BCUT2D eigenvalue weighted by atomic mass is 9.93. The molecule has 0 radical (unpaired) electrons. The van der Waals surface area contributed by atoms with Gasteiger partial charge in [0.25, 0.3) is 0 Å². The van der Waals surface area contributed by atoms with Crippen molar-refractivity contribution in [2.75, 3.05) is 6.61 Å². The van der Waals surface area contributed by atoms with Gasteiger partial charge in [-0.05, 0) is 18.9 Å². The Morgan fingerprint density at radius 1 is 1.15 bits per heavy atom. The topological polar surface area (TPSA) is 45.4 Å². The first-order chi connectivity index (χ1) is 9.69. The smallest absolute Gasteiger partial charge is 0.134 e. The third-order valence-electron chi connectivity index (χ3n) is 4.40. The second-order valence-electron chi connectivity index (χ2n) is 5.35. The van der Waals surface area contributed by atoms with Gasteiger partial charge in [-0.15, -0.1) is 0 Å². The minimum atomic E-state index is -0.191. The van der Waals surface area contributed by atoms with Crippen LogP contribution in [0.3, 0.4) is 0 Å². The van der Waals surface area contributed by atoms with Gasteiger partial charge < -0.3 is 14.8 Å². The minimum Gasteiger partial charge on any atom is -0.461 e. The van der Waals surface area contributed by atoms with Gasteiger partial charge >= 0.3 is 0 Å². The number of hydrogen-bond acceptors (Lipinski definition) is 3. The molecule has 0 amide bonds. The Kier molecular flexibility index (Phi) is 4.84. The van der Waals surface area contributed by atoms with E-state index in [0.29, 0.717) is 0 Å². The monoisotopic (exact) mass is 275 g/mol. The minimum absolute atomic E-state index is 0.164. The molecule has 0 saturated carbocycles. The van der Waals surface area contributed by atoms with E-state index in [0.717, 1.165) is 37.2 Å². The van der Waals surface area contributed by atoms with Crippen LogP contribution < -0.4 is 5.32 Å². The van der Waals surface area contributed by atoms with Gasteiger partial charge in [-0.25, -0.2) is 0 Å². The van der Waals surface area contributed by atoms with Crippen LogP contribution in [0, 0.1) is 0 Å². The Morgan fingerprint density at radius 2 is 1.85 bits per heavy atom. The van der Waals surface area contributed by atoms with Crippen molar-refractivity contribution in [1.82, 2.24) is 5.32 Å². The Morgan fingerprint density at radius 3 is 2.45 bits per heavy atom. The zero-order valence-corrected chi connectivity index (χ0v) is 12.7. The molecule has 0 spiro atoms. The van der Waals surface area contributed by atoms with Crippen molar-refractivity contribution in [3.05, 3.63) is 35.6 Å². The Labute approximate surface area is 121 Å². The molecular weight excluding hydrogens is 250 g/mol. The summed E-state index contributed by atoms with van der Waals surface area (Å²) in [4.78, 5) is 0. The highest BCUT2D eigenvalue weighted by molar-refractivity contribution is 5.82. The van der Waals surface area contributed by atoms with Crippen molar-refractivity contribution >= 4 is 11.0 Å². The largest absolute Gasteiger partial charge is 0.461 e. The van der Waals surface area contributed by atoms with Crippen LogP contribution in [-0.4, -0.2) is 17.3 Å². The third kappa shape index (κ3) is 2.74. The average Bonchev–Trinajstić information content (AvgIpc) is 2.87. The first kappa shape index (κ1) is 15.1. The van der Waals surface area contributed by atoms with E-state index in [1.807, 2.05) is 18.2 Å². The Bertz CT molecular complexity index is 547. The average molecular weight is 275 g/mol. The van der Waals surface area contributed by atoms with Crippen molar-refractivity contribution in [3.8, 4) is 0 Å². The van der Waals surface area contributed by atoms with Gasteiger partial charge in [0.05, 0.1) is 6.61 Å². The molecule has 0 aliphatic carbocycles. The van der Waals surface area contributed by atoms with Crippen LogP contribution in [-0.2, 0) is 13.0 Å². The van der Waals surface area contributed by atoms with E-state index in [4.69, 9.17) is 4.42 Å². The second kappa shape index (κ2) is 6.42. The molecule has 2 N–H and O–H groups in total. The van der Waals surface area contributed by atoms with Crippen LogP contribution in [0.4, 0.5) is 0 Å². The van der Waals surface area contributed by atoms with Crippen LogP contribution in [0.5, 0.6) is 0 Å². The van der Waals surface area contributed by atoms with Gasteiger partial charge in [0.15, 0.2) is 0 Å². The number of furan rings is 1. The molecule has 0 fully saturated rings. The second-order valence-corrected chi connectivity index (χ2v) is 5.35. The highest BCUT2D eigenvalue weighted by Crippen LogP contribution is 2.27. The highest BCUT2D eigenvalue weighted by Gasteiger charge is 2.25. The summed E-state index contributed by atoms with van der Waals surface area (Å²) in [6.07, 6.45) is 2.71. The molecule has 20 heavy (non-hydrogen) atoms. The van der Waals surface area contributed by atoms with E-state index >= 15 is 0 Å². The highest BCUT2D eigenvalue weighted by atomic mass is 16.3. The van der Waals surface area contributed by atoms with Crippen molar-refractivity contribution in [3.63, 3.8) is 0 Å². The standard InChI is InChI=1S/C17H25NO2/c1-4-15-14(11-18-17(5-2,6-3)12-19)13-9-7-8-10-16(13)20-15/h7-10,18-19H,4-6,11-12H2,1-3H3. The molecule has 0 bridgehead atoms. The molecule has 110 valence electrons. The molecule has 3 heteroatoms. The predicted octanol–water partition coefficient (Wildman–Crippen LogP) is 3.64. The third-order valence-corrected chi connectivity index (χ3v) is 4.40. The molecular formula is C17H25NO2. The van der Waals surface area contributed by atoms with E-state index in [1.54, 1.807) is 0 Å². The van der Waals surface area contributed by atoms with Crippen LogP contribution in [0.25, 0.3) is 11.0 Å². The molecule has 3 nitrogen and oxygen atoms in total. The number of aliphatic hydroxyl groups excluding tert-OH is 1. The van der Waals surface area contributed by atoms with Gasteiger partial charge in [-0.2, -0.15) is 0 Å². The van der Waals surface area contributed by atoms with Crippen molar-refractivity contribution < 1.29 is 9.52 Å². The van der Waals surface area contributed by atoms with E-state index in [2.05, 4.69) is 32.2 Å². The Balaban J connectivity index is 2.29. The molecule has 1 aromatic carbocycles. The van der Waals surface area contributed by atoms with Gasteiger partial charge in [0.2, 0.25) is 0 Å². The van der Waals surface area contributed by atoms with Crippen molar-refractivity contribution in [2.24, 2.45) is 0 Å². The zero-order chi connectivity index (χ0) is 14.6. The van der Waals surface area contributed by atoms with E-state index in [9.17, 15) is 5.11 Å². The molecule has 1 aromatic heterocycles. The summed E-state index contributed by atoms with van der Waals surface area (Å²) in [6.45, 7) is 7.24. The van der Waals surface area contributed by atoms with Crippen molar-refractivity contribution in [1.29, 1.82) is 0 Å². The summed E-state index contributed by atoms with van der Waals surface area (Å²) in [5, 5.41) is 14.4. The lowest BCUT2D eigenvalue weighted by Crippen LogP contribution is -2.47. The quantitative estimate of drug-likeness (QED) is 0.811. The summed E-state index contributed by atoms with van der Waals surface area (Å²) in [5.41, 5.74) is 1.98. The SMILES string of the molecule is CCc1oc2ccccc2c1CNC(CC)(CC)CO. The fraction of sp³-hybridized carbons (Fsp3) is 0.529. The Hall–Kier alpha value is -1.32. The van der Waals surface area contributed by atoms with Crippen LogP contribution in [0.15, 0.2) is 28.7 Å². The lowest BCUT2D eigenvalue weighted by molar-refractivity contribution is 0.149. The van der Waals surface area contributed by atoms with E-state index < -0.39 is 0 Å². The maximum atomic E-state index is 9.66. The molecule has 0 unspecified atom stereocenters. The summed E-state index contributed by atoms with van der Waals surface area (Å²) < 4.78 is 5.91. The predicted molar refractivity (Wildman–Crippen MR) is 82.8 cm³/mol. The first-order valence-electron chi connectivity index (χ1n) is 7.54. The maximum absolute atomic E-state index is 9.66. The molecule has 0 atom stereocenters. The number of para-hydroxylation sites is 1. The van der Waals surface area contributed by atoms with Gasteiger partial charge in [-0.3, -0.25) is 0 Å². The first-order valence-corrected chi connectivity index (χ1v) is 7.54. The molecule has 0 aliphatic rings. The fourth-order valence-electron chi connectivity index (χ4n) is 2.68.